The molecule has 0 bridgehead atoms. The van der Waals surface area contributed by atoms with E-state index in [1.165, 1.54) is 27.7 Å². The summed E-state index contributed by atoms with van der Waals surface area (Å²) < 4.78 is 2.35. The average Bonchev–Trinajstić information content (AvgIpc) is 2.78. The number of hydrogen-bond acceptors (Lipinski definition) is 2. The third-order valence-corrected chi connectivity index (χ3v) is 4.14. The molecule has 0 saturated heterocycles. The summed E-state index contributed by atoms with van der Waals surface area (Å²) in [4.78, 5) is 4.18. The standard InChI is InChI=1S/C18H21N3/c1-4-21-13(2)10-16(14(21)3)12-20-18-7-5-6-15-11-19-9-8-17(15)18/h5-11,20H,4,12H2,1-3H3. The maximum Gasteiger partial charge on any atom is 0.0423 e. The lowest BCUT2D eigenvalue weighted by molar-refractivity contribution is 0.715. The maximum absolute atomic E-state index is 4.18. The minimum Gasteiger partial charge on any atom is -0.380 e. The Bertz CT molecular complexity index is 766. The average molecular weight is 279 g/mol. The molecule has 0 amide bonds. The Morgan fingerprint density at radius 1 is 1.19 bits per heavy atom. The molecule has 0 spiro atoms. The quantitative estimate of drug-likeness (QED) is 0.772. The normalized spacial score (nSPS) is 11.0. The molecule has 1 aromatic carbocycles. The first kappa shape index (κ1) is 13.7. The number of nitrogens with zero attached hydrogens (tertiary/aromatic N) is 2. The topological polar surface area (TPSA) is 29.9 Å². The van der Waals surface area contributed by atoms with Crippen LogP contribution in [0.25, 0.3) is 10.8 Å². The molecule has 2 aromatic heterocycles. The van der Waals surface area contributed by atoms with Gasteiger partial charge in [-0.05, 0) is 44.5 Å². The van der Waals surface area contributed by atoms with Crippen molar-refractivity contribution in [2.45, 2.75) is 33.9 Å². The van der Waals surface area contributed by atoms with Gasteiger partial charge >= 0.3 is 0 Å². The van der Waals surface area contributed by atoms with Crippen LogP contribution in [-0.4, -0.2) is 9.55 Å². The summed E-state index contributed by atoms with van der Waals surface area (Å²) >= 11 is 0. The molecule has 1 N–H and O–H groups in total. The number of anilines is 1. The molecule has 108 valence electrons. The van der Waals surface area contributed by atoms with Crippen molar-refractivity contribution in [3.63, 3.8) is 0 Å². The predicted octanol–water partition coefficient (Wildman–Crippen LogP) is 4.29. The molecule has 3 rings (SSSR count). The van der Waals surface area contributed by atoms with Crippen LogP contribution >= 0.6 is 0 Å². The van der Waals surface area contributed by atoms with E-state index < -0.39 is 0 Å². The Morgan fingerprint density at radius 2 is 2.05 bits per heavy atom. The van der Waals surface area contributed by atoms with Crippen LogP contribution in [0.15, 0.2) is 42.7 Å². The second-order valence-electron chi connectivity index (χ2n) is 5.40. The van der Waals surface area contributed by atoms with Gasteiger partial charge in [0.15, 0.2) is 0 Å². The molecule has 0 aliphatic carbocycles. The molecule has 2 heterocycles. The molecule has 0 saturated carbocycles. The van der Waals surface area contributed by atoms with E-state index >= 15 is 0 Å². The van der Waals surface area contributed by atoms with Gasteiger partial charge in [-0.15, -0.1) is 0 Å². The monoisotopic (exact) mass is 279 g/mol. The highest BCUT2D eigenvalue weighted by Crippen LogP contribution is 2.23. The Morgan fingerprint density at radius 3 is 2.81 bits per heavy atom. The summed E-state index contributed by atoms with van der Waals surface area (Å²) in [6.07, 6.45) is 3.75. The summed E-state index contributed by atoms with van der Waals surface area (Å²) in [6, 6.07) is 10.6. The summed E-state index contributed by atoms with van der Waals surface area (Å²) in [7, 11) is 0. The van der Waals surface area contributed by atoms with E-state index in [0.717, 1.165) is 18.8 Å². The molecular weight excluding hydrogens is 258 g/mol. The minimum atomic E-state index is 0.848. The fraction of sp³-hybridized carbons (Fsp3) is 0.278. The molecule has 3 aromatic rings. The zero-order chi connectivity index (χ0) is 14.8. The van der Waals surface area contributed by atoms with E-state index in [4.69, 9.17) is 0 Å². The van der Waals surface area contributed by atoms with Crippen LogP contribution in [0.3, 0.4) is 0 Å². The van der Waals surface area contributed by atoms with Gasteiger partial charge in [0.2, 0.25) is 0 Å². The second kappa shape index (κ2) is 5.60. The van der Waals surface area contributed by atoms with Gasteiger partial charge < -0.3 is 9.88 Å². The van der Waals surface area contributed by atoms with Crippen molar-refractivity contribution >= 4 is 16.5 Å². The molecule has 0 aliphatic rings. The third-order valence-electron chi connectivity index (χ3n) is 4.14. The number of nitrogens with one attached hydrogen (secondary N) is 1. The molecule has 0 radical (unpaired) electrons. The van der Waals surface area contributed by atoms with Crippen molar-refractivity contribution in [3.8, 4) is 0 Å². The van der Waals surface area contributed by atoms with E-state index in [2.05, 4.69) is 66.0 Å². The fourth-order valence-corrected chi connectivity index (χ4v) is 3.01. The van der Waals surface area contributed by atoms with Crippen LogP contribution in [0.5, 0.6) is 0 Å². The van der Waals surface area contributed by atoms with Crippen molar-refractivity contribution in [2.75, 3.05) is 5.32 Å². The fourth-order valence-electron chi connectivity index (χ4n) is 3.01. The lowest BCUT2D eigenvalue weighted by Gasteiger charge is -2.10. The Balaban J connectivity index is 1.87. The molecule has 0 atom stereocenters. The zero-order valence-electron chi connectivity index (χ0n) is 12.9. The Labute approximate surface area is 125 Å². The summed E-state index contributed by atoms with van der Waals surface area (Å²) in [6.45, 7) is 8.43. The van der Waals surface area contributed by atoms with Crippen LogP contribution < -0.4 is 5.32 Å². The van der Waals surface area contributed by atoms with Crippen LogP contribution in [0.4, 0.5) is 5.69 Å². The highest BCUT2D eigenvalue weighted by molar-refractivity contribution is 5.93. The van der Waals surface area contributed by atoms with Gasteiger partial charge in [-0.2, -0.15) is 0 Å². The molecule has 0 fully saturated rings. The van der Waals surface area contributed by atoms with E-state index in [-0.39, 0.29) is 0 Å². The summed E-state index contributed by atoms with van der Waals surface area (Å²) in [5.74, 6) is 0. The first-order chi connectivity index (χ1) is 10.2. The molecular formula is C18H21N3. The largest absolute Gasteiger partial charge is 0.380 e. The number of fused-ring (bicyclic) bond motifs is 1. The highest BCUT2D eigenvalue weighted by atomic mass is 15.0. The van der Waals surface area contributed by atoms with Gasteiger partial charge in [-0.1, -0.05) is 12.1 Å². The molecule has 21 heavy (non-hydrogen) atoms. The lowest BCUT2D eigenvalue weighted by atomic mass is 10.1. The first-order valence-corrected chi connectivity index (χ1v) is 7.43. The summed E-state index contributed by atoms with van der Waals surface area (Å²) in [5, 5.41) is 5.96. The van der Waals surface area contributed by atoms with Gasteiger partial charge in [0, 0.05) is 53.3 Å². The number of hydrogen-bond donors (Lipinski definition) is 1. The van der Waals surface area contributed by atoms with Crippen LogP contribution in [0, 0.1) is 13.8 Å². The van der Waals surface area contributed by atoms with Crippen LogP contribution in [0.2, 0.25) is 0 Å². The molecule has 0 aliphatic heterocycles. The number of rotatable bonds is 4. The van der Waals surface area contributed by atoms with Crippen LogP contribution in [-0.2, 0) is 13.1 Å². The van der Waals surface area contributed by atoms with Gasteiger partial charge in [0.1, 0.15) is 0 Å². The SMILES string of the molecule is CCn1c(C)cc(CNc2cccc3cnccc23)c1C. The number of aromatic nitrogens is 2. The second-order valence-corrected chi connectivity index (χ2v) is 5.40. The van der Waals surface area contributed by atoms with Gasteiger partial charge in [-0.25, -0.2) is 0 Å². The lowest BCUT2D eigenvalue weighted by Crippen LogP contribution is -2.03. The number of benzene rings is 1. The van der Waals surface area contributed by atoms with Crippen molar-refractivity contribution in [3.05, 3.63) is 59.7 Å². The van der Waals surface area contributed by atoms with Gasteiger partial charge in [0.25, 0.3) is 0 Å². The van der Waals surface area contributed by atoms with E-state index in [0.29, 0.717) is 0 Å². The first-order valence-electron chi connectivity index (χ1n) is 7.43. The molecule has 3 nitrogen and oxygen atoms in total. The van der Waals surface area contributed by atoms with E-state index in [1.807, 2.05) is 12.4 Å². The Kier molecular flexibility index (Phi) is 3.65. The van der Waals surface area contributed by atoms with Crippen molar-refractivity contribution in [1.29, 1.82) is 0 Å². The van der Waals surface area contributed by atoms with Crippen molar-refractivity contribution in [1.82, 2.24) is 9.55 Å². The maximum atomic E-state index is 4.18. The third kappa shape index (κ3) is 2.51. The zero-order valence-corrected chi connectivity index (χ0v) is 12.9. The number of pyridine rings is 1. The summed E-state index contributed by atoms with van der Waals surface area (Å²) in [5.41, 5.74) is 5.20. The van der Waals surface area contributed by atoms with E-state index in [1.54, 1.807) is 0 Å². The minimum absolute atomic E-state index is 0.848. The van der Waals surface area contributed by atoms with Gasteiger partial charge in [-0.3, -0.25) is 4.98 Å². The smallest absolute Gasteiger partial charge is 0.0423 e. The Hall–Kier alpha value is -2.29. The van der Waals surface area contributed by atoms with Crippen molar-refractivity contribution < 1.29 is 0 Å². The number of aryl methyl sites for hydroxylation is 1. The van der Waals surface area contributed by atoms with Crippen LogP contribution in [0.1, 0.15) is 23.9 Å². The van der Waals surface area contributed by atoms with Crippen molar-refractivity contribution in [2.24, 2.45) is 0 Å². The predicted molar refractivity (Wildman–Crippen MR) is 88.6 cm³/mol. The van der Waals surface area contributed by atoms with Gasteiger partial charge in [0.05, 0.1) is 0 Å². The molecule has 0 unspecified atom stereocenters. The molecule has 3 heteroatoms. The highest BCUT2D eigenvalue weighted by Gasteiger charge is 2.08. The van der Waals surface area contributed by atoms with E-state index in [9.17, 15) is 0 Å².